The lowest BCUT2D eigenvalue weighted by molar-refractivity contribution is -0.159. The first-order valence-electron chi connectivity index (χ1n) is 3.42. The molecule has 0 aliphatic rings. The summed E-state index contributed by atoms with van der Waals surface area (Å²) in [6.45, 7) is 0. The number of nitrogens with one attached hydrogen (secondary N) is 1. The van der Waals surface area contributed by atoms with E-state index in [0.717, 1.165) is 6.08 Å². The average molecular weight is 323 g/mol. The van der Waals surface area contributed by atoms with Crippen molar-refractivity contribution in [2.24, 2.45) is 0 Å². The predicted octanol–water partition coefficient (Wildman–Crippen LogP) is -1.74. The fourth-order valence-electron chi connectivity index (χ4n) is 0. The van der Waals surface area contributed by atoms with Gasteiger partial charge >= 0.3 is 31.8 Å². The summed E-state index contributed by atoms with van der Waals surface area (Å²) in [6.07, 6.45) is 0.750. The first kappa shape index (κ1) is 26.0. The van der Waals surface area contributed by atoms with Crippen LogP contribution in [0.1, 0.15) is 0 Å². The van der Waals surface area contributed by atoms with Gasteiger partial charge in [-0.05, 0) is 0 Å². The van der Waals surface area contributed by atoms with Gasteiger partial charge in [-0.15, -0.1) is 4.20 Å². The van der Waals surface area contributed by atoms with Gasteiger partial charge in [0.15, 0.2) is 0 Å². The molecule has 0 aromatic carbocycles. The summed E-state index contributed by atoms with van der Waals surface area (Å²) in [5, 5.41) is 35.0. The molecule has 0 atom stereocenters. The van der Waals surface area contributed by atoms with Crippen LogP contribution in [0.3, 0.4) is 0 Å². The second-order valence-corrected chi connectivity index (χ2v) is 2.74. The minimum absolute atomic E-state index is 0.750. The van der Waals surface area contributed by atoms with E-state index in [-0.39, 0.29) is 0 Å². The molecule has 0 heterocycles. The third-order valence-electron chi connectivity index (χ3n) is 0.366. The summed E-state index contributed by atoms with van der Waals surface area (Å²) in [6, 6.07) is 0. The standard InChI is InChI=1S/2C2H2O4.CHNO.FH2O3P/c2*3-1(4)2(5)6;2-1-3;1-5(2,3)4/h2*(H,3,4)(H,5,6);2H;(H2,2,3,4). The second kappa shape index (κ2) is 14.4. The van der Waals surface area contributed by atoms with E-state index in [9.17, 15) is 4.20 Å². The summed E-state index contributed by atoms with van der Waals surface area (Å²) >= 11 is 0. The normalized spacial score (nSPS) is 7.75. The molecule has 0 aromatic rings. The van der Waals surface area contributed by atoms with E-state index in [4.69, 9.17) is 64.2 Å². The predicted molar refractivity (Wildman–Crippen MR) is 52.1 cm³/mol. The van der Waals surface area contributed by atoms with Crippen molar-refractivity contribution in [1.82, 2.24) is 0 Å². The van der Waals surface area contributed by atoms with Crippen molar-refractivity contribution in [2.75, 3.05) is 0 Å². The summed E-state index contributed by atoms with van der Waals surface area (Å²) < 4.78 is 19.0. The van der Waals surface area contributed by atoms with Gasteiger partial charge in [-0.2, -0.15) is 0 Å². The van der Waals surface area contributed by atoms with Gasteiger partial charge in [-0.3, -0.25) is 9.79 Å². The van der Waals surface area contributed by atoms with Gasteiger partial charge in [-0.1, -0.05) is 0 Å². The minimum atomic E-state index is -5.14. The van der Waals surface area contributed by atoms with Crippen LogP contribution in [-0.4, -0.2) is 60.2 Å². The van der Waals surface area contributed by atoms with E-state index in [1.807, 2.05) is 0 Å². The molecular formula is C5H7FNO12P. The van der Waals surface area contributed by atoms with Crippen LogP contribution in [-0.2, 0) is 28.5 Å². The monoisotopic (exact) mass is 323 g/mol. The summed E-state index contributed by atoms with van der Waals surface area (Å²) in [5.41, 5.74) is 0. The van der Waals surface area contributed by atoms with Gasteiger partial charge in [-0.25, -0.2) is 33.9 Å². The molecule has 0 fully saturated rings. The average Bonchev–Trinajstić information content (AvgIpc) is 2.16. The lowest BCUT2D eigenvalue weighted by Crippen LogP contribution is -2.09. The Balaban J connectivity index is -0.0000000879. The first-order chi connectivity index (χ1) is 8.70. The maximum Gasteiger partial charge on any atom is 0.507 e. The summed E-state index contributed by atoms with van der Waals surface area (Å²) in [4.78, 5) is 58.7. The van der Waals surface area contributed by atoms with Crippen molar-refractivity contribution in [1.29, 1.82) is 5.41 Å². The van der Waals surface area contributed by atoms with Gasteiger partial charge in [0.05, 0.1) is 0 Å². The highest BCUT2D eigenvalue weighted by Crippen LogP contribution is 2.34. The molecule has 0 aromatic heterocycles. The molecule has 0 unspecified atom stereocenters. The van der Waals surface area contributed by atoms with Crippen molar-refractivity contribution in [3.63, 3.8) is 0 Å². The van der Waals surface area contributed by atoms with Crippen LogP contribution in [0, 0.1) is 5.41 Å². The highest BCUT2D eigenvalue weighted by atomic mass is 31.2. The van der Waals surface area contributed by atoms with E-state index in [1.165, 1.54) is 0 Å². The van der Waals surface area contributed by atoms with E-state index < -0.39 is 31.8 Å². The van der Waals surface area contributed by atoms with Crippen molar-refractivity contribution in [3.05, 3.63) is 0 Å². The van der Waals surface area contributed by atoms with Crippen molar-refractivity contribution < 1.29 is 62.9 Å². The highest BCUT2D eigenvalue weighted by Gasteiger charge is 2.05. The third kappa shape index (κ3) is 111. The number of carboxylic acid groups (broad SMARTS) is 4. The zero-order valence-corrected chi connectivity index (χ0v) is 9.85. The Morgan fingerprint density at radius 3 is 0.900 bits per heavy atom. The quantitative estimate of drug-likeness (QED) is 0.113. The zero-order valence-electron chi connectivity index (χ0n) is 8.96. The van der Waals surface area contributed by atoms with Crippen LogP contribution < -0.4 is 0 Å². The second-order valence-electron chi connectivity index (χ2n) is 1.80. The topological polar surface area (TPSA) is 248 Å². The van der Waals surface area contributed by atoms with Crippen LogP contribution in [0.5, 0.6) is 0 Å². The molecule has 20 heavy (non-hydrogen) atoms. The number of isocyanates is 1. The summed E-state index contributed by atoms with van der Waals surface area (Å²) in [7, 11) is -5.14. The Morgan fingerprint density at radius 1 is 0.850 bits per heavy atom. The molecule has 13 nitrogen and oxygen atoms in total. The van der Waals surface area contributed by atoms with Crippen LogP contribution in [0.25, 0.3) is 0 Å². The van der Waals surface area contributed by atoms with Gasteiger partial charge in [0, 0.05) is 0 Å². The maximum atomic E-state index is 10.4. The number of carbonyl (C=O) groups is 4. The Hall–Kier alpha value is -2.66. The Morgan fingerprint density at radius 2 is 0.900 bits per heavy atom. The highest BCUT2D eigenvalue weighted by molar-refractivity contribution is 7.45. The van der Waals surface area contributed by atoms with Gasteiger partial charge in [0.2, 0.25) is 6.08 Å². The number of hydrogen-bond acceptors (Lipinski definition) is 7. The van der Waals surface area contributed by atoms with E-state index in [1.54, 1.807) is 0 Å². The maximum absolute atomic E-state index is 10.4. The zero-order chi connectivity index (χ0) is 17.5. The Labute approximate surface area is 107 Å². The summed E-state index contributed by atoms with van der Waals surface area (Å²) in [5.74, 6) is -7.30. The first-order valence-corrected chi connectivity index (χ1v) is 4.92. The minimum Gasteiger partial charge on any atom is -0.473 e. The molecular weight excluding hydrogens is 316 g/mol. The van der Waals surface area contributed by atoms with Crippen LogP contribution in [0.2, 0.25) is 0 Å². The van der Waals surface area contributed by atoms with Crippen LogP contribution in [0.15, 0.2) is 0 Å². The number of aliphatic carboxylic acids is 4. The van der Waals surface area contributed by atoms with Gasteiger partial charge < -0.3 is 20.4 Å². The molecule has 0 aliphatic carbocycles. The van der Waals surface area contributed by atoms with E-state index >= 15 is 0 Å². The number of rotatable bonds is 0. The number of hydrogen-bond donors (Lipinski definition) is 7. The molecule has 116 valence electrons. The lowest BCUT2D eigenvalue weighted by Gasteiger charge is -1.77. The molecule has 15 heteroatoms. The molecule has 0 saturated carbocycles. The van der Waals surface area contributed by atoms with Crippen LogP contribution >= 0.6 is 7.91 Å². The lowest BCUT2D eigenvalue weighted by atomic mass is 10.7. The van der Waals surface area contributed by atoms with Crippen molar-refractivity contribution in [2.45, 2.75) is 0 Å². The van der Waals surface area contributed by atoms with E-state index in [0.29, 0.717) is 0 Å². The molecule has 7 N–H and O–H groups in total. The number of carboxylic acids is 4. The van der Waals surface area contributed by atoms with Crippen molar-refractivity contribution >= 4 is 37.9 Å². The molecule has 0 radical (unpaired) electrons. The molecule has 0 bridgehead atoms. The molecule has 0 spiro atoms. The fourth-order valence-corrected chi connectivity index (χ4v) is 0. The molecule has 0 aliphatic heterocycles. The largest absolute Gasteiger partial charge is 0.507 e. The van der Waals surface area contributed by atoms with Crippen molar-refractivity contribution in [3.8, 4) is 0 Å². The van der Waals surface area contributed by atoms with Crippen LogP contribution in [0.4, 0.5) is 4.20 Å². The van der Waals surface area contributed by atoms with Gasteiger partial charge in [0.25, 0.3) is 0 Å². The smallest absolute Gasteiger partial charge is 0.473 e. The number of halogens is 1. The SMILES string of the molecule is N=C=O.O=C(O)C(=O)O.O=C(O)C(=O)O.O=P(O)(O)F. The van der Waals surface area contributed by atoms with Gasteiger partial charge in [0.1, 0.15) is 0 Å². The Kier molecular flexibility index (Phi) is 18.7. The molecule has 0 saturated heterocycles. The number of carbonyl (C=O) groups excluding carboxylic acids is 1. The third-order valence-corrected chi connectivity index (χ3v) is 0.366. The molecule has 0 amide bonds. The fraction of sp³-hybridized carbons (Fsp3) is 0. The van der Waals surface area contributed by atoms with E-state index in [2.05, 4.69) is 0 Å². The Bertz CT molecular complexity index is 363. The molecule has 0 rings (SSSR count).